The highest BCUT2D eigenvalue weighted by atomic mass is 32.2. The molecule has 2 aromatic rings. The van der Waals surface area contributed by atoms with E-state index in [4.69, 9.17) is 4.74 Å². The second-order valence-corrected chi connectivity index (χ2v) is 8.07. The first kappa shape index (κ1) is 17.5. The number of benzene rings is 1. The van der Waals surface area contributed by atoms with Gasteiger partial charge in [-0.15, -0.1) is 10.2 Å². The number of morpholine rings is 1. The van der Waals surface area contributed by atoms with Crippen LogP contribution in [0.25, 0.3) is 5.69 Å². The first-order valence-electron chi connectivity index (χ1n) is 9.18. The van der Waals surface area contributed by atoms with Crippen molar-refractivity contribution in [1.29, 1.82) is 0 Å². The van der Waals surface area contributed by atoms with Crippen molar-refractivity contribution in [2.45, 2.75) is 50.0 Å². The van der Waals surface area contributed by atoms with Crippen molar-refractivity contribution in [1.82, 2.24) is 19.7 Å². The summed E-state index contributed by atoms with van der Waals surface area (Å²) in [5.41, 5.74) is 1.06. The number of carbonyl (C=O) groups is 1. The normalized spacial score (nSPS) is 23.2. The topological polar surface area (TPSA) is 60.2 Å². The molecule has 0 bridgehead atoms. The Balaban J connectivity index is 1.49. The molecule has 1 aliphatic carbocycles. The van der Waals surface area contributed by atoms with Crippen LogP contribution in [0, 0.1) is 0 Å². The molecule has 26 heavy (non-hydrogen) atoms. The highest BCUT2D eigenvalue weighted by Crippen LogP contribution is 2.41. The van der Waals surface area contributed by atoms with Gasteiger partial charge in [0.1, 0.15) is 5.82 Å². The fraction of sp³-hybridized carbons (Fsp3) is 0.526. The van der Waals surface area contributed by atoms with Gasteiger partial charge in [0.25, 0.3) is 0 Å². The van der Waals surface area contributed by atoms with Crippen LogP contribution in [0.2, 0.25) is 0 Å². The zero-order valence-electron chi connectivity index (χ0n) is 15.2. The number of hydrogen-bond donors (Lipinski definition) is 0. The van der Waals surface area contributed by atoms with E-state index in [2.05, 4.69) is 26.9 Å². The molecule has 0 unspecified atom stereocenters. The fourth-order valence-electron chi connectivity index (χ4n) is 3.40. The lowest BCUT2D eigenvalue weighted by atomic mass is 10.2. The first-order chi connectivity index (χ1) is 12.6. The molecule has 1 aromatic carbocycles. The lowest BCUT2D eigenvalue weighted by Crippen LogP contribution is -2.48. The van der Waals surface area contributed by atoms with E-state index in [9.17, 15) is 4.79 Å². The summed E-state index contributed by atoms with van der Waals surface area (Å²) in [6, 6.07) is 10.2. The lowest BCUT2D eigenvalue weighted by molar-refractivity contribution is -0.140. The molecule has 0 N–H and O–H groups in total. The quantitative estimate of drug-likeness (QED) is 0.756. The van der Waals surface area contributed by atoms with Gasteiger partial charge in [0, 0.05) is 24.7 Å². The zero-order valence-corrected chi connectivity index (χ0v) is 16.0. The summed E-state index contributed by atoms with van der Waals surface area (Å²) >= 11 is 1.47. The Bertz CT molecular complexity index is 765. The Labute approximate surface area is 157 Å². The Hall–Kier alpha value is -1.86. The number of thioether (sulfide) groups is 1. The Morgan fingerprint density at radius 1 is 1.15 bits per heavy atom. The van der Waals surface area contributed by atoms with Crippen LogP contribution in [-0.2, 0) is 9.53 Å². The van der Waals surface area contributed by atoms with Crippen LogP contribution in [0.3, 0.4) is 0 Å². The van der Waals surface area contributed by atoms with Gasteiger partial charge in [0.05, 0.1) is 18.0 Å². The number of carbonyl (C=O) groups excluding carboxylic acids is 1. The number of amides is 1. The molecule has 2 atom stereocenters. The second kappa shape index (κ2) is 7.40. The van der Waals surface area contributed by atoms with Gasteiger partial charge in [0.15, 0.2) is 5.16 Å². The van der Waals surface area contributed by atoms with E-state index >= 15 is 0 Å². The summed E-state index contributed by atoms with van der Waals surface area (Å²) in [4.78, 5) is 14.6. The monoisotopic (exact) mass is 372 g/mol. The molecule has 6 nitrogen and oxygen atoms in total. The molecule has 1 amide bonds. The number of nitrogens with zero attached hydrogens (tertiary/aromatic N) is 4. The molecule has 1 aliphatic heterocycles. The van der Waals surface area contributed by atoms with Crippen molar-refractivity contribution in [3.05, 3.63) is 36.2 Å². The fourth-order valence-corrected chi connectivity index (χ4v) is 4.26. The second-order valence-electron chi connectivity index (χ2n) is 7.13. The van der Waals surface area contributed by atoms with E-state index in [-0.39, 0.29) is 18.1 Å². The van der Waals surface area contributed by atoms with E-state index in [1.165, 1.54) is 11.8 Å². The van der Waals surface area contributed by atoms with E-state index in [0.29, 0.717) is 24.8 Å². The molecule has 1 saturated heterocycles. The van der Waals surface area contributed by atoms with Gasteiger partial charge in [-0.1, -0.05) is 30.0 Å². The van der Waals surface area contributed by atoms with Crippen LogP contribution in [0.15, 0.2) is 35.5 Å². The van der Waals surface area contributed by atoms with Crippen molar-refractivity contribution in [3.8, 4) is 5.69 Å². The molecule has 2 heterocycles. The Morgan fingerprint density at radius 3 is 2.50 bits per heavy atom. The van der Waals surface area contributed by atoms with Crippen molar-refractivity contribution >= 4 is 17.7 Å². The van der Waals surface area contributed by atoms with Crippen LogP contribution in [0.5, 0.6) is 0 Å². The predicted molar refractivity (Wildman–Crippen MR) is 101 cm³/mol. The molecule has 138 valence electrons. The van der Waals surface area contributed by atoms with Gasteiger partial charge < -0.3 is 9.64 Å². The number of aromatic nitrogens is 3. The largest absolute Gasteiger partial charge is 0.372 e. The summed E-state index contributed by atoms with van der Waals surface area (Å²) < 4.78 is 7.83. The van der Waals surface area contributed by atoms with Crippen molar-refractivity contribution in [2.75, 3.05) is 18.8 Å². The zero-order chi connectivity index (χ0) is 18.1. The first-order valence-corrected chi connectivity index (χ1v) is 10.2. The minimum atomic E-state index is 0.0853. The van der Waals surface area contributed by atoms with E-state index in [1.54, 1.807) is 0 Å². The van der Waals surface area contributed by atoms with Gasteiger partial charge in [-0.25, -0.2) is 0 Å². The van der Waals surface area contributed by atoms with E-state index < -0.39 is 0 Å². The third kappa shape index (κ3) is 3.78. The summed E-state index contributed by atoms with van der Waals surface area (Å²) in [6.07, 6.45) is 2.50. The Morgan fingerprint density at radius 2 is 1.85 bits per heavy atom. The molecule has 4 rings (SSSR count). The van der Waals surface area contributed by atoms with E-state index in [1.807, 2.05) is 36.9 Å². The van der Waals surface area contributed by atoms with Crippen molar-refractivity contribution in [3.63, 3.8) is 0 Å². The average Bonchev–Trinajstić information content (AvgIpc) is 3.39. The van der Waals surface area contributed by atoms with Crippen molar-refractivity contribution < 1.29 is 9.53 Å². The maximum atomic E-state index is 12.7. The molecule has 2 aliphatic rings. The van der Waals surface area contributed by atoms with Crippen LogP contribution in [0.4, 0.5) is 0 Å². The highest BCUT2D eigenvalue weighted by molar-refractivity contribution is 7.99. The standard InChI is InChI=1S/C19H24N4O2S/c1-13-10-22(11-14(2)25-13)17(24)12-26-19-21-20-18(15-8-9-15)23(19)16-6-4-3-5-7-16/h3-7,13-15H,8-12H2,1-2H3/t13-,14-/m0/s1. The molecular formula is C19H24N4O2S. The van der Waals surface area contributed by atoms with Gasteiger partial charge in [-0.05, 0) is 38.8 Å². The number of rotatable bonds is 5. The van der Waals surface area contributed by atoms with E-state index in [0.717, 1.165) is 29.5 Å². The van der Waals surface area contributed by atoms with Gasteiger partial charge >= 0.3 is 0 Å². The molecule has 0 spiro atoms. The number of hydrogen-bond acceptors (Lipinski definition) is 5. The molecule has 1 aromatic heterocycles. The number of ether oxygens (including phenoxy) is 1. The van der Waals surface area contributed by atoms with Crippen LogP contribution in [-0.4, -0.2) is 56.6 Å². The highest BCUT2D eigenvalue weighted by Gasteiger charge is 2.31. The van der Waals surface area contributed by atoms with Crippen LogP contribution in [0.1, 0.15) is 38.4 Å². The Kier molecular flexibility index (Phi) is 5.00. The summed E-state index contributed by atoms with van der Waals surface area (Å²) in [7, 11) is 0. The summed E-state index contributed by atoms with van der Waals surface area (Å²) in [6.45, 7) is 5.33. The van der Waals surface area contributed by atoms with Crippen molar-refractivity contribution in [2.24, 2.45) is 0 Å². The third-order valence-electron chi connectivity index (χ3n) is 4.71. The third-order valence-corrected chi connectivity index (χ3v) is 5.63. The molecule has 7 heteroatoms. The molecule has 0 radical (unpaired) electrons. The summed E-state index contributed by atoms with van der Waals surface area (Å²) in [5.74, 6) is 2.01. The molecular weight excluding hydrogens is 348 g/mol. The number of para-hydroxylation sites is 1. The predicted octanol–water partition coefficient (Wildman–Crippen LogP) is 2.87. The maximum Gasteiger partial charge on any atom is 0.233 e. The summed E-state index contributed by atoms with van der Waals surface area (Å²) in [5, 5.41) is 9.59. The minimum absolute atomic E-state index is 0.0853. The molecule has 2 fully saturated rings. The van der Waals surface area contributed by atoms with Gasteiger partial charge in [-0.2, -0.15) is 0 Å². The van der Waals surface area contributed by atoms with Gasteiger partial charge in [0.2, 0.25) is 5.91 Å². The molecule has 1 saturated carbocycles. The maximum absolute atomic E-state index is 12.7. The SMILES string of the molecule is C[C@H]1CN(C(=O)CSc2nnc(C3CC3)n2-c2ccccc2)C[C@H](C)O1. The van der Waals surface area contributed by atoms with Gasteiger partial charge in [-0.3, -0.25) is 9.36 Å². The van der Waals surface area contributed by atoms with Crippen LogP contribution >= 0.6 is 11.8 Å². The lowest BCUT2D eigenvalue weighted by Gasteiger charge is -2.35. The minimum Gasteiger partial charge on any atom is -0.372 e. The smallest absolute Gasteiger partial charge is 0.233 e. The van der Waals surface area contributed by atoms with Crippen LogP contribution < -0.4 is 0 Å². The average molecular weight is 372 g/mol.